The van der Waals surface area contributed by atoms with Gasteiger partial charge in [-0.05, 0) is 18.1 Å². The molecule has 2 fully saturated rings. The van der Waals surface area contributed by atoms with Crippen LogP contribution in [0, 0.1) is 5.92 Å². The molecule has 0 spiro atoms. The number of tetrazole rings is 1. The van der Waals surface area contributed by atoms with Gasteiger partial charge >= 0.3 is 5.97 Å². The first-order chi connectivity index (χ1) is 11.1. The van der Waals surface area contributed by atoms with Crippen LogP contribution in [0.4, 0.5) is 0 Å². The second-order valence-electron chi connectivity index (χ2n) is 6.27. The zero-order valence-corrected chi connectivity index (χ0v) is 13.0. The average Bonchev–Trinajstić information content (AvgIpc) is 3.17. The molecule has 9 nitrogen and oxygen atoms in total. The van der Waals surface area contributed by atoms with Gasteiger partial charge in [-0.3, -0.25) is 14.5 Å². The lowest BCUT2D eigenvalue weighted by molar-refractivity contribution is -0.143. The fourth-order valence-corrected chi connectivity index (χ4v) is 3.50. The van der Waals surface area contributed by atoms with Crippen molar-refractivity contribution in [2.45, 2.75) is 38.3 Å². The second kappa shape index (κ2) is 7.03. The van der Waals surface area contributed by atoms with Gasteiger partial charge in [-0.1, -0.05) is 12.8 Å². The smallest absolute Gasteiger partial charge is 0.309 e. The van der Waals surface area contributed by atoms with Crippen LogP contribution in [-0.2, 0) is 16.1 Å². The van der Waals surface area contributed by atoms with Gasteiger partial charge in [-0.15, -0.1) is 10.2 Å². The highest BCUT2D eigenvalue weighted by Gasteiger charge is 2.33. The number of aliphatic carboxylic acids is 1. The summed E-state index contributed by atoms with van der Waals surface area (Å²) < 4.78 is 0. The summed E-state index contributed by atoms with van der Waals surface area (Å²) in [6, 6.07) is 0.462. The van der Waals surface area contributed by atoms with Crippen LogP contribution in [-0.4, -0.2) is 79.2 Å². The minimum absolute atomic E-state index is 0.00420. The van der Waals surface area contributed by atoms with Gasteiger partial charge in [0.2, 0.25) is 5.91 Å². The molecule has 0 bridgehead atoms. The molecule has 1 amide bonds. The van der Waals surface area contributed by atoms with Crippen molar-refractivity contribution >= 4 is 11.9 Å². The van der Waals surface area contributed by atoms with Crippen LogP contribution in [0.2, 0.25) is 0 Å². The number of carboxylic acid groups (broad SMARTS) is 1. The second-order valence-corrected chi connectivity index (χ2v) is 6.27. The Hall–Kier alpha value is -2.03. The minimum Gasteiger partial charge on any atom is -0.481 e. The van der Waals surface area contributed by atoms with Crippen LogP contribution in [0.15, 0.2) is 6.33 Å². The highest BCUT2D eigenvalue weighted by molar-refractivity contribution is 5.77. The van der Waals surface area contributed by atoms with Gasteiger partial charge in [0.15, 0.2) is 6.33 Å². The monoisotopic (exact) mass is 322 g/mol. The maximum absolute atomic E-state index is 12.4. The Morgan fingerprint density at radius 3 is 2.61 bits per heavy atom. The molecule has 0 unspecified atom stereocenters. The van der Waals surface area contributed by atoms with E-state index in [0.717, 1.165) is 19.4 Å². The van der Waals surface area contributed by atoms with E-state index >= 15 is 0 Å². The summed E-state index contributed by atoms with van der Waals surface area (Å²) in [5, 5.41) is 20.6. The fourth-order valence-electron chi connectivity index (χ4n) is 3.50. The topological polar surface area (TPSA) is 104 Å². The number of rotatable bonds is 4. The van der Waals surface area contributed by atoms with Gasteiger partial charge in [0.25, 0.3) is 0 Å². The van der Waals surface area contributed by atoms with E-state index in [1.807, 2.05) is 0 Å². The van der Waals surface area contributed by atoms with Crippen LogP contribution >= 0.6 is 0 Å². The summed E-state index contributed by atoms with van der Waals surface area (Å²) in [6.07, 6.45) is 5.95. The normalized spacial score (nSPS) is 23.8. The maximum atomic E-state index is 12.4. The highest BCUT2D eigenvalue weighted by atomic mass is 16.4. The lowest BCUT2D eigenvalue weighted by atomic mass is 10.1. The lowest BCUT2D eigenvalue weighted by Gasteiger charge is -2.28. The van der Waals surface area contributed by atoms with Crippen molar-refractivity contribution in [2.75, 3.05) is 26.2 Å². The zero-order chi connectivity index (χ0) is 16.2. The number of amides is 1. The summed E-state index contributed by atoms with van der Waals surface area (Å²) in [7, 11) is 0. The number of aromatic nitrogens is 4. The van der Waals surface area contributed by atoms with Gasteiger partial charge in [-0.25, -0.2) is 0 Å². The molecule has 1 aromatic heterocycles. The van der Waals surface area contributed by atoms with Gasteiger partial charge < -0.3 is 10.0 Å². The van der Waals surface area contributed by atoms with Gasteiger partial charge in [0.1, 0.15) is 6.54 Å². The molecule has 1 aliphatic carbocycles. The number of carbonyl (C=O) groups is 2. The molecule has 0 aromatic carbocycles. The van der Waals surface area contributed by atoms with Crippen LogP contribution in [0.1, 0.15) is 25.7 Å². The van der Waals surface area contributed by atoms with Crippen molar-refractivity contribution < 1.29 is 14.7 Å². The molecule has 9 heteroatoms. The molecule has 1 atom stereocenters. The van der Waals surface area contributed by atoms with Crippen molar-refractivity contribution in [1.29, 1.82) is 0 Å². The Bertz CT molecular complexity index is 543. The Kier molecular flexibility index (Phi) is 4.85. The van der Waals surface area contributed by atoms with E-state index in [1.165, 1.54) is 24.0 Å². The Morgan fingerprint density at radius 1 is 1.17 bits per heavy atom. The number of hydrogen-bond donors (Lipinski definition) is 1. The maximum Gasteiger partial charge on any atom is 0.309 e. The van der Waals surface area contributed by atoms with Crippen molar-refractivity contribution in [1.82, 2.24) is 30.0 Å². The number of carbonyl (C=O) groups excluding carboxylic acids is 1. The van der Waals surface area contributed by atoms with Crippen molar-refractivity contribution in [2.24, 2.45) is 5.92 Å². The molecule has 1 saturated carbocycles. The van der Waals surface area contributed by atoms with Gasteiger partial charge in [-0.2, -0.15) is 4.80 Å². The third-order valence-corrected chi connectivity index (χ3v) is 4.76. The van der Waals surface area contributed by atoms with Crippen molar-refractivity contribution in [3.63, 3.8) is 0 Å². The summed E-state index contributed by atoms with van der Waals surface area (Å²) in [5.41, 5.74) is 0. The van der Waals surface area contributed by atoms with E-state index in [2.05, 4.69) is 20.3 Å². The molecule has 3 rings (SSSR count). The standard InChI is InChI=1S/C14H22N6O3/c21-13(9-20-16-10-15-17-20)19-6-5-18(12-3-1-2-4-12)7-11(8-19)14(22)23/h10-12H,1-9H2,(H,22,23)/t11-/m0/s1. The van der Waals surface area contributed by atoms with E-state index in [0.29, 0.717) is 19.1 Å². The highest BCUT2D eigenvalue weighted by Crippen LogP contribution is 2.25. The third kappa shape index (κ3) is 3.84. The molecule has 1 aliphatic heterocycles. The Labute approximate surface area is 134 Å². The van der Waals surface area contributed by atoms with Crippen molar-refractivity contribution in [3.05, 3.63) is 6.33 Å². The molecule has 0 radical (unpaired) electrons. The molecule has 1 N–H and O–H groups in total. The fraction of sp³-hybridized carbons (Fsp3) is 0.786. The van der Waals surface area contributed by atoms with E-state index in [9.17, 15) is 14.7 Å². The Balaban J connectivity index is 1.66. The molecular weight excluding hydrogens is 300 g/mol. The predicted molar refractivity (Wildman–Crippen MR) is 79.4 cm³/mol. The minimum atomic E-state index is -0.841. The van der Waals surface area contributed by atoms with E-state index in [-0.39, 0.29) is 19.0 Å². The molecule has 1 saturated heterocycles. The summed E-state index contributed by atoms with van der Waals surface area (Å²) in [4.78, 5) is 29.0. The molecule has 23 heavy (non-hydrogen) atoms. The largest absolute Gasteiger partial charge is 0.481 e. The molecule has 126 valence electrons. The molecular formula is C14H22N6O3. The SMILES string of the molecule is O=C(O)[C@@H]1CN(C(=O)Cn2ncnn2)CCN(C2CCCC2)C1. The summed E-state index contributed by atoms with van der Waals surface area (Å²) in [5.74, 6) is -1.56. The first-order valence-corrected chi connectivity index (χ1v) is 8.09. The quantitative estimate of drug-likeness (QED) is 0.794. The number of carboxylic acids is 1. The molecule has 1 aromatic rings. The van der Waals surface area contributed by atoms with Crippen LogP contribution in [0.3, 0.4) is 0 Å². The molecule has 2 aliphatic rings. The van der Waals surface area contributed by atoms with Crippen molar-refractivity contribution in [3.8, 4) is 0 Å². The third-order valence-electron chi connectivity index (χ3n) is 4.76. The van der Waals surface area contributed by atoms with E-state index in [4.69, 9.17) is 0 Å². The van der Waals surface area contributed by atoms with Crippen LogP contribution in [0.5, 0.6) is 0 Å². The number of hydrogen-bond acceptors (Lipinski definition) is 6. The zero-order valence-electron chi connectivity index (χ0n) is 13.0. The molecule has 2 heterocycles. The van der Waals surface area contributed by atoms with Crippen LogP contribution < -0.4 is 0 Å². The predicted octanol–water partition coefficient (Wildman–Crippen LogP) is -0.539. The van der Waals surface area contributed by atoms with E-state index < -0.39 is 11.9 Å². The van der Waals surface area contributed by atoms with Gasteiger partial charge in [0.05, 0.1) is 5.92 Å². The van der Waals surface area contributed by atoms with E-state index in [1.54, 1.807) is 4.90 Å². The summed E-state index contributed by atoms with van der Waals surface area (Å²) >= 11 is 0. The lowest BCUT2D eigenvalue weighted by Crippen LogP contribution is -2.40. The van der Waals surface area contributed by atoms with Crippen LogP contribution in [0.25, 0.3) is 0 Å². The average molecular weight is 322 g/mol. The summed E-state index contributed by atoms with van der Waals surface area (Å²) in [6.45, 7) is 2.03. The Morgan fingerprint density at radius 2 is 1.96 bits per heavy atom. The first kappa shape index (κ1) is 15.9. The van der Waals surface area contributed by atoms with Gasteiger partial charge in [0, 0.05) is 32.2 Å². The number of nitrogens with zero attached hydrogens (tertiary/aromatic N) is 6. The first-order valence-electron chi connectivity index (χ1n) is 8.09.